The summed E-state index contributed by atoms with van der Waals surface area (Å²) >= 11 is 0. The molecule has 0 aromatic rings. The molecule has 3 heteroatoms. The molecule has 3 nitrogen and oxygen atoms in total. The molecule has 0 bridgehead atoms. The van der Waals surface area contributed by atoms with Crippen LogP contribution in [0.4, 0.5) is 0 Å². The number of likely N-dealkylation sites (N-methyl/N-ethyl adjacent to an activating group) is 1. The zero-order valence-corrected chi connectivity index (χ0v) is 9.37. The van der Waals surface area contributed by atoms with Crippen molar-refractivity contribution in [2.24, 2.45) is 17.6 Å². The van der Waals surface area contributed by atoms with Crippen LogP contribution in [-0.4, -0.2) is 30.4 Å². The molecule has 2 N–H and O–H groups in total. The second kappa shape index (κ2) is 5.22. The first-order valence-electron chi connectivity index (χ1n) is 4.86. The van der Waals surface area contributed by atoms with Crippen molar-refractivity contribution >= 4 is 5.91 Å². The third kappa shape index (κ3) is 4.27. The van der Waals surface area contributed by atoms with E-state index in [0.717, 1.165) is 6.54 Å². The minimum atomic E-state index is -0.358. The van der Waals surface area contributed by atoms with E-state index in [1.165, 1.54) is 0 Å². The molecule has 0 heterocycles. The van der Waals surface area contributed by atoms with Crippen LogP contribution in [0.25, 0.3) is 0 Å². The van der Waals surface area contributed by atoms with Gasteiger partial charge in [-0.1, -0.05) is 27.7 Å². The Balaban J connectivity index is 4.09. The molecule has 1 amide bonds. The van der Waals surface area contributed by atoms with Crippen molar-refractivity contribution in [3.63, 3.8) is 0 Å². The first kappa shape index (κ1) is 12.4. The Morgan fingerprint density at radius 1 is 1.31 bits per heavy atom. The molecule has 0 aromatic heterocycles. The average molecular weight is 186 g/mol. The van der Waals surface area contributed by atoms with Crippen LogP contribution < -0.4 is 5.73 Å². The number of amides is 1. The predicted molar refractivity (Wildman–Crippen MR) is 55.3 cm³/mol. The lowest BCUT2D eigenvalue weighted by Crippen LogP contribution is -2.45. The number of hydrogen-bond donors (Lipinski definition) is 1. The number of nitrogens with two attached hydrogens (primary N) is 1. The molecule has 0 saturated carbocycles. The summed E-state index contributed by atoms with van der Waals surface area (Å²) < 4.78 is 0. The van der Waals surface area contributed by atoms with Gasteiger partial charge in [0.15, 0.2) is 0 Å². The van der Waals surface area contributed by atoms with Gasteiger partial charge in [0.05, 0.1) is 6.04 Å². The van der Waals surface area contributed by atoms with Gasteiger partial charge in [-0.25, -0.2) is 0 Å². The van der Waals surface area contributed by atoms with Gasteiger partial charge in [-0.05, 0) is 11.8 Å². The first-order chi connectivity index (χ1) is 5.86. The maximum Gasteiger partial charge on any atom is 0.239 e. The maximum atomic E-state index is 11.6. The normalized spacial score (nSPS) is 13.5. The van der Waals surface area contributed by atoms with Crippen LogP contribution >= 0.6 is 0 Å². The van der Waals surface area contributed by atoms with Crippen LogP contribution in [0.5, 0.6) is 0 Å². The van der Waals surface area contributed by atoms with E-state index in [0.29, 0.717) is 5.92 Å². The molecule has 0 aromatic carbocycles. The average Bonchev–Trinajstić information content (AvgIpc) is 2.00. The highest BCUT2D eigenvalue weighted by Crippen LogP contribution is 2.04. The zero-order valence-electron chi connectivity index (χ0n) is 9.37. The van der Waals surface area contributed by atoms with Crippen LogP contribution in [0.1, 0.15) is 27.7 Å². The van der Waals surface area contributed by atoms with Gasteiger partial charge in [0, 0.05) is 13.6 Å². The Labute approximate surface area is 81.3 Å². The van der Waals surface area contributed by atoms with E-state index in [9.17, 15) is 4.79 Å². The van der Waals surface area contributed by atoms with Gasteiger partial charge >= 0.3 is 0 Å². The molecular formula is C10H22N2O. The third-order valence-corrected chi connectivity index (χ3v) is 2.02. The summed E-state index contributed by atoms with van der Waals surface area (Å²) in [6.07, 6.45) is 0. The topological polar surface area (TPSA) is 46.3 Å². The lowest BCUT2D eigenvalue weighted by atomic mass is 10.0. The molecule has 0 fully saturated rings. The van der Waals surface area contributed by atoms with Crippen LogP contribution in [0.2, 0.25) is 0 Å². The van der Waals surface area contributed by atoms with Gasteiger partial charge in [0.25, 0.3) is 0 Å². The van der Waals surface area contributed by atoms with Gasteiger partial charge < -0.3 is 10.6 Å². The highest BCUT2D eigenvalue weighted by atomic mass is 16.2. The second-order valence-corrected chi connectivity index (χ2v) is 4.38. The molecule has 0 saturated heterocycles. The molecule has 0 spiro atoms. The Morgan fingerprint density at radius 3 is 2.08 bits per heavy atom. The fourth-order valence-electron chi connectivity index (χ4n) is 1.18. The third-order valence-electron chi connectivity index (χ3n) is 2.02. The lowest BCUT2D eigenvalue weighted by molar-refractivity contribution is -0.132. The van der Waals surface area contributed by atoms with Gasteiger partial charge in [-0.15, -0.1) is 0 Å². The van der Waals surface area contributed by atoms with Crippen LogP contribution in [0, 0.1) is 11.8 Å². The molecule has 0 aliphatic heterocycles. The standard InChI is InChI=1S/C10H22N2O/c1-7(2)6-12(5)10(13)9(11)8(3)4/h7-9H,6,11H2,1-5H3. The summed E-state index contributed by atoms with van der Waals surface area (Å²) in [5.74, 6) is 0.749. The van der Waals surface area contributed by atoms with Crippen molar-refractivity contribution in [2.75, 3.05) is 13.6 Å². The Bertz CT molecular complexity index is 166. The Hall–Kier alpha value is -0.570. The quantitative estimate of drug-likeness (QED) is 0.714. The van der Waals surface area contributed by atoms with E-state index in [1.54, 1.807) is 4.90 Å². The zero-order chi connectivity index (χ0) is 10.6. The largest absolute Gasteiger partial charge is 0.344 e. The molecule has 0 radical (unpaired) electrons. The first-order valence-corrected chi connectivity index (χ1v) is 4.86. The molecule has 0 aliphatic rings. The smallest absolute Gasteiger partial charge is 0.239 e. The van der Waals surface area contributed by atoms with Gasteiger partial charge in [0.2, 0.25) is 5.91 Å². The summed E-state index contributed by atoms with van der Waals surface area (Å²) in [7, 11) is 1.81. The van der Waals surface area contributed by atoms with Crippen LogP contribution in [0.3, 0.4) is 0 Å². The summed E-state index contributed by atoms with van der Waals surface area (Å²) in [5.41, 5.74) is 5.75. The van der Waals surface area contributed by atoms with Gasteiger partial charge in [0.1, 0.15) is 0 Å². The van der Waals surface area contributed by atoms with E-state index in [-0.39, 0.29) is 17.9 Å². The lowest BCUT2D eigenvalue weighted by Gasteiger charge is -2.24. The van der Waals surface area contributed by atoms with Crippen molar-refractivity contribution in [3.8, 4) is 0 Å². The van der Waals surface area contributed by atoms with E-state index in [2.05, 4.69) is 13.8 Å². The van der Waals surface area contributed by atoms with Gasteiger partial charge in [-0.2, -0.15) is 0 Å². The number of hydrogen-bond acceptors (Lipinski definition) is 2. The number of carbonyl (C=O) groups excluding carboxylic acids is 1. The summed E-state index contributed by atoms with van der Waals surface area (Å²) in [6.45, 7) is 8.88. The van der Waals surface area contributed by atoms with Crippen molar-refractivity contribution in [2.45, 2.75) is 33.7 Å². The van der Waals surface area contributed by atoms with Crippen molar-refractivity contribution in [1.29, 1.82) is 0 Å². The molecular weight excluding hydrogens is 164 g/mol. The SMILES string of the molecule is CC(C)CN(C)C(=O)C(N)C(C)C. The highest BCUT2D eigenvalue weighted by Gasteiger charge is 2.20. The molecule has 0 aliphatic carbocycles. The highest BCUT2D eigenvalue weighted by molar-refractivity contribution is 5.81. The van der Waals surface area contributed by atoms with Crippen molar-refractivity contribution in [1.82, 2.24) is 4.90 Å². The molecule has 13 heavy (non-hydrogen) atoms. The van der Waals surface area contributed by atoms with E-state index < -0.39 is 0 Å². The summed E-state index contributed by atoms with van der Waals surface area (Å²) in [5, 5.41) is 0. The van der Waals surface area contributed by atoms with E-state index in [1.807, 2.05) is 20.9 Å². The molecule has 1 atom stereocenters. The monoisotopic (exact) mass is 186 g/mol. The van der Waals surface area contributed by atoms with E-state index in [4.69, 9.17) is 5.73 Å². The number of carbonyl (C=O) groups is 1. The van der Waals surface area contributed by atoms with Crippen molar-refractivity contribution < 1.29 is 4.79 Å². The Morgan fingerprint density at radius 2 is 1.77 bits per heavy atom. The fraction of sp³-hybridized carbons (Fsp3) is 0.900. The van der Waals surface area contributed by atoms with Crippen LogP contribution in [-0.2, 0) is 4.79 Å². The summed E-state index contributed by atoms with van der Waals surface area (Å²) in [6, 6.07) is -0.358. The fourth-order valence-corrected chi connectivity index (χ4v) is 1.18. The molecule has 1 unspecified atom stereocenters. The molecule has 0 rings (SSSR count). The second-order valence-electron chi connectivity index (χ2n) is 4.38. The minimum Gasteiger partial charge on any atom is -0.344 e. The van der Waals surface area contributed by atoms with E-state index >= 15 is 0 Å². The summed E-state index contributed by atoms with van der Waals surface area (Å²) in [4.78, 5) is 13.3. The van der Waals surface area contributed by atoms with Crippen LogP contribution in [0.15, 0.2) is 0 Å². The number of rotatable bonds is 4. The minimum absolute atomic E-state index is 0.0451. The number of nitrogens with zero attached hydrogens (tertiary/aromatic N) is 1. The molecule has 78 valence electrons. The predicted octanol–water partition coefficient (Wildman–Crippen LogP) is 1.08. The maximum absolute atomic E-state index is 11.6. The van der Waals surface area contributed by atoms with Crippen molar-refractivity contribution in [3.05, 3.63) is 0 Å². The van der Waals surface area contributed by atoms with Gasteiger partial charge in [-0.3, -0.25) is 4.79 Å². The Kier molecular flexibility index (Phi) is 4.99.